The smallest absolute Gasteiger partial charge is 0.208 e. The van der Waals surface area contributed by atoms with Gasteiger partial charge in [-0.1, -0.05) is 11.3 Å². The number of anilines is 1. The summed E-state index contributed by atoms with van der Waals surface area (Å²) < 4.78 is 26.4. The maximum Gasteiger partial charge on any atom is 0.208 e. The van der Waals surface area contributed by atoms with Gasteiger partial charge in [-0.05, 0) is 43.4 Å². The van der Waals surface area contributed by atoms with Gasteiger partial charge in [-0.2, -0.15) is 0 Å². The second kappa shape index (κ2) is 5.44. The lowest BCUT2D eigenvalue weighted by atomic mass is 9.98. The number of halogens is 2. The Labute approximate surface area is 120 Å². The van der Waals surface area contributed by atoms with E-state index in [1.807, 2.05) is 6.92 Å². The molecule has 1 aromatic heterocycles. The molecule has 106 valence electrons. The minimum Gasteiger partial charge on any atom is -0.346 e. The highest BCUT2D eigenvalue weighted by molar-refractivity contribution is 7.15. The van der Waals surface area contributed by atoms with Gasteiger partial charge in [0.25, 0.3) is 0 Å². The van der Waals surface area contributed by atoms with Crippen molar-refractivity contribution in [3.05, 3.63) is 40.4 Å². The van der Waals surface area contributed by atoms with Crippen LogP contribution in [0.4, 0.5) is 13.9 Å². The molecule has 1 unspecified atom stereocenters. The van der Waals surface area contributed by atoms with E-state index in [-0.39, 0.29) is 0 Å². The average Bonchev–Trinajstić information content (AvgIpc) is 2.96. The van der Waals surface area contributed by atoms with E-state index in [0.29, 0.717) is 12.3 Å². The molecule has 1 fully saturated rings. The first kappa shape index (κ1) is 13.4. The number of aryl methyl sites for hydroxylation is 1. The van der Waals surface area contributed by atoms with Gasteiger partial charge < -0.3 is 4.90 Å². The minimum atomic E-state index is -0.505. The van der Waals surface area contributed by atoms with Crippen LogP contribution in [0.25, 0.3) is 0 Å². The van der Waals surface area contributed by atoms with Crippen molar-refractivity contribution in [2.24, 2.45) is 5.92 Å². The van der Waals surface area contributed by atoms with Crippen molar-refractivity contribution in [1.29, 1.82) is 0 Å². The molecule has 3 nitrogen and oxygen atoms in total. The number of hydrogen-bond donors (Lipinski definition) is 0. The van der Waals surface area contributed by atoms with Gasteiger partial charge in [0.05, 0.1) is 0 Å². The lowest BCUT2D eigenvalue weighted by Gasteiger charge is -2.14. The van der Waals surface area contributed by atoms with Crippen LogP contribution < -0.4 is 4.90 Å². The van der Waals surface area contributed by atoms with Crippen LogP contribution in [0.3, 0.4) is 0 Å². The van der Waals surface area contributed by atoms with Crippen LogP contribution >= 0.6 is 11.3 Å². The van der Waals surface area contributed by atoms with Crippen molar-refractivity contribution in [1.82, 2.24) is 10.2 Å². The quantitative estimate of drug-likeness (QED) is 0.871. The highest BCUT2D eigenvalue weighted by Gasteiger charge is 2.25. The molecule has 6 heteroatoms. The Morgan fingerprint density at radius 1 is 1.25 bits per heavy atom. The number of aromatic nitrogens is 2. The van der Waals surface area contributed by atoms with Crippen LogP contribution in [0.15, 0.2) is 18.2 Å². The molecule has 0 bridgehead atoms. The van der Waals surface area contributed by atoms with Gasteiger partial charge in [-0.3, -0.25) is 0 Å². The van der Waals surface area contributed by atoms with E-state index >= 15 is 0 Å². The fourth-order valence-corrected chi connectivity index (χ4v) is 3.37. The van der Waals surface area contributed by atoms with Crippen LogP contribution in [0.5, 0.6) is 0 Å². The van der Waals surface area contributed by atoms with E-state index in [1.165, 1.54) is 12.1 Å². The summed E-state index contributed by atoms with van der Waals surface area (Å²) >= 11 is 1.58. The van der Waals surface area contributed by atoms with Gasteiger partial charge in [0.15, 0.2) is 0 Å². The topological polar surface area (TPSA) is 29.0 Å². The minimum absolute atomic E-state index is 0.403. The first-order valence-corrected chi connectivity index (χ1v) is 7.42. The van der Waals surface area contributed by atoms with Crippen molar-refractivity contribution in [3.63, 3.8) is 0 Å². The van der Waals surface area contributed by atoms with Crippen LogP contribution in [0.2, 0.25) is 0 Å². The third kappa shape index (κ3) is 2.95. The van der Waals surface area contributed by atoms with E-state index in [0.717, 1.165) is 41.3 Å². The highest BCUT2D eigenvalue weighted by atomic mass is 32.1. The molecule has 1 atom stereocenters. The van der Waals surface area contributed by atoms with E-state index in [9.17, 15) is 8.78 Å². The van der Waals surface area contributed by atoms with Crippen molar-refractivity contribution >= 4 is 16.5 Å². The Balaban J connectivity index is 1.65. The van der Waals surface area contributed by atoms with E-state index < -0.39 is 11.6 Å². The first-order chi connectivity index (χ1) is 9.60. The number of hydrogen-bond acceptors (Lipinski definition) is 4. The van der Waals surface area contributed by atoms with Gasteiger partial charge in [-0.25, -0.2) is 8.78 Å². The van der Waals surface area contributed by atoms with Crippen LogP contribution in [0.1, 0.15) is 17.0 Å². The first-order valence-electron chi connectivity index (χ1n) is 6.60. The van der Waals surface area contributed by atoms with Crippen molar-refractivity contribution in [2.75, 3.05) is 18.0 Å². The highest BCUT2D eigenvalue weighted by Crippen LogP contribution is 2.28. The van der Waals surface area contributed by atoms with Gasteiger partial charge in [0, 0.05) is 19.2 Å². The summed E-state index contributed by atoms with van der Waals surface area (Å²) in [4.78, 5) is 2.20. The summed E-state index contributed by atoms with van der Waals surface area (Å²) in [6.07, 6.45) is 1.71. The Hall–Kier alpha value is -1.56. The monoisotopic (exact) mass is 295 g/mol. The number of rotatable bonds is 3. The molecule has 1 aliphatic heterocycles. The maximum absolute atomic E-state index is 13.2. The molecule has 0 N–H and O–H groups in total. The molecule has 1 aliphatic rings. The number of nitrogens with zero attached hydrogens (tertiary/aromatic N) is 3. The molecule has 0 aliphatic carbocycles. The zero-order valence-corrected chi connectivity index (χ0v) is 12.0. The lowest BCUT2D eigenvalue weighted by Crippen LogP contribution is -2.20. The molecule has 20 heavy (non-hydrogen) atoms. The predicted molar refractivity (Wildman–Crippen MR) is 75.0 cm³/mol. The Bertz CT molecular complexity index is 594. The summed E-state index contributed by atoms with van der Waals surface area (Å²) in [5, 5.41) is 10.1. The molecule has 1 saturated heterocycles. The fourth-order valence-electron chi connectivity index (χ4n) is 2.65. The van der Waals surface area contributed by atoms with Gasteiger partial charge in [0.2, 0.25) is 5.13 Å². The molecule has 0 saturated carbocycles. The number of benzene rings is 1. The van der Waals surface area contributed by atoms with Crippen LogP contribution in [0, 0.1) is 24.5 Å². The van der Waals surface area contributed by atoms with E-state index in [1.54, 1.807) is 11.3 Å². The third-order valence-electron chi connectivity index (χ3n) is 3.52. The third-order valence-corrected chi connectivity index (χ3v) is 4.42. The molecule has 0 spiro atoms. The van der Waals surface area contributed by atoms with E-state index in [2.05, 4.69) is 15.1 Å². The van der Waals surface area contributed by atoms with Gasteiger partial charge in [0.1, 0.15) is 16.6 Å². The summed E-state index contributed by atoms with van der Waals surface area (Å²) in [7, 11) is 0. The fraction of sp³-hybridized carbons (Fsp3) is 0.429. The normalized spacial score (nSPS) is 18.8. The van der Waals surface area contributed by atoms with E-state index in [4.69, 9.17) is 0 Å². The summed E-state index contributed by atoms with van der Waals surface area (Å²) in [6, 6.07) is 3.75. The molecule has 1 aromatic carbocycles. The largest absolute Gasteiger partial charge is 0.346 e. The molecule has 2 aromatic rings. The lowest BCUT2D eigenvalue weighted by molar-refractivity contribution is 0.558. The molecule has 0 amide bonds. The Kier molecular flexibility index (Phi) is 3.65. The second-order valence-corrected chi connectivity index (χ2v) is 6.35. The Morgan fingerprint density at radius 3 is 2.65 bits per heavy atom. The van der Waals surface area contributed by atoms with Crippen molar-refractivity contribution in [2.45, 2.75) is 19.8 Å². The molecule has 2 heterocycles. The zero-order chi connectivity index (χ0) is 14.1. The zero-order valence-electron chi connectivity index (χ0n) is 11.1. The summed E-state index contributed by atoms with van der Waals surface area (Å²) in [5.41, 5.74) is 0.725. The Morgan fingerprint density at radius 2 is 2.00 bits per heavy atom. The van der Waals surface area contributed by atoms with Crippen molar-refractivity contribution in [3.8, 4) is 0 Å². The second-order valence-electron chi connectivity index (χ2n) is 5.19. The predicted octanol–water partition coefficient (Wildman–Crippen LogP) is 3.19. The van der Waals surface area contributed by atoms with Gasteiger partial charge in [-0.15, -0.1) is 10.2 Å². The molecular weight excluding hydrogens is 280 g/mol. The maximum atomic E-state index is 13.2. The summed E-state index contributed by atoms with van der Waals surface area (Å²) in [5.74, 6) is -0.607. The molecule has 0 radical (unpaired) electrons. The molecule has 3 rings (SSSR count). The van der Waals surface area contributed by atoms with Crippen molar-refractivity contribution < 1.29 is 8.78 Å². The standard InChI is InChI=1S/C14H15F2N3S/c1-9-17-18-14(20-9)19-3-2-10(8-19)4-11-5-12(15)7-13(16)6-11/h5-7,10H,2-4,8H2,1H3. The van der Waals surface area contributed by atoms with Crippen LogP contribution in [-0.4, -0.2) is 23.3 Å². The SMILES string of the molecule is Cc1nnc(N2CCC(Cc3cc(F)cc(F)c3)C2)s1. The van der Waals surface area contributed by atoms with Crippen LogP contribution in [-0.2, 0) is 6.42 Å². The molecular formula is C14H15F2N3S. The van der Waals surface area contributed by atoms with Gasteiger partial charge >= 0.3 is 0 Å². The average molecular weight is 295 g/mol. The summed E-state index contributed by atoms with van der Waals surface area (Å²) in [6.45, 7) is 3.73.